The van der Waals surface area contributed by atoms with E-state index in [0.717, 1.165) is 213 Å². The lowest BCUT2D eigenvalue weighted by atomic mass is 9.64. The highest BCUT2D eigenvalue weighted by Gasteiger charge is 2.47. The van der Waals surface area contributed by atoms with Crippen LogP contribution in [0.25, 0.3) is 0 Å². The second-order valence-electron chi connectivity index (χ2n) is 33.3. The fraction of sp³-hybridized carbons (Fsp3) is 0.619. The van der Waals surface area contributed by atoms with Gasteiger partial charge in [0.15, 0.2) is 5.79 Å². The third kappa shape index (κ3) is 33.5. The zero-order valence-corrected chi connectivity index (χ0v) is 69.8. The van der Waals surface area contributed by atoms with Gasteiger partial charge in [-0.3, -0.25) is 19.2 Å². The van der Waals surface area contributed by atoms with Gasteiger partial charge in [0.1, 0.15) is 42.5 Å². The van der Waals surface area contributed by atoms with Gasteiger partial charge in [0.05, 0.1) is 53.3 Å². The Morgan fingerprint density at radius 1 is 0.402 bits per heavy atom. The summed E-state index contributed by atoms with van der Waals surface area (Å²) in [6, 6.07) is 31.9. The predicted octanol–water partition coefficient (Wildman–Crippen LogP) is 20.8. The van der Waals surface area contributed by atoms with Gasteiger partial charge in [-0.15, -0.1) is 13.2 Å². The molecule has 0 aromatic heterocycles. The second-order valence-corrected chi connectivity index (χ2v) is 36.4. The molecule has 10 aliphatic carbocycles. The monoisotopic (exact) mass is 1560 g/mol. The van der Waals surface area contributed by atoms with E-state index in [-0.39, 0.29) is 12.3 Å². The average Bonchev–Trinajstić information content (AvgIpc) is 0.971. The molecule has 1 spiro atoms. The lowest BCUT2D eigenvalue weighted by Gasteiger charge is -2.42. The molecular weight excluding hydrogens is 1420 g/mol. The molecule has 16 atom stereocenters. The second kappa shape index (κ2) is 55.6. The van der Waals surface area contributed by atoms with Gasteiger partial charge in [-0.1, -0.05) is 155 Å². The number of rotatable bonds is 20. The molecule has 1 N–H and O–H groups in total. The van der Waals surface area contributed by atoms with Crippen LogP contribution in [0, 0.1) is 94.7 Å². The molecule has 0 radical (unpaired) electrons. The van der Waals surface area contributed by atoms with Crippen molar-refractivity contribution >= 4 is 78.1 Å². The summed E-state index contributed by atoms with van der Waals surface area (Å²) in [7, 11) is 4.69. The molecule has 15 heteroatoms. The maximum atomic E-state index is 11.4. The van der Waals surface area contributed by atoms with Crippen LogP contribution in [0.2, 0.25) is 0 Å². The number of carbonyl (C=O) groups excluding carboxylic acids is 7. The van der Waals surface area contributed by atoms with Gasteiger partial charge >= 0.3 is 0 Å². The molecular formula is C97H143O14P. The first-order chi connectivity index (χ1) is 54.5. The molecule has 0 bridgehead atoms. The van der Waals surface area contributed by atoms with Gasteiger partial charge in [-0.2, -0.15) is 0 Å². The molecule has 16 unspecified atom stereocenters. The minimum Gasteiger partial charge on any atom is -0.505 e. The Balaban J connectivity index is 0.000000233. The van der Waals surface area contributed by atoms with Crippen molar-refractivity contribution in [3.8, 4) is 0 Å². The highest BCUT2D eigenvalue weighted by molar-refractivity contribution is 7.93. The fourth-order valence-electron chi connectivity index (χ4n) is 20.1. The first-order valence-electron chi connectivity index (χ1n) is 42.7. The van der Waals surface area contributed by atoms with Gasteiger partial charge in [0, 0.05) is 76.0 Å². The molecule has 1 aliphatic heterocycles. The lowest BCUT2D eigenvalue weighted by Crippen LogP contribution is -2.42. The number of hydrogen-bond donors (Lipinski definition) is 1. The first kappa shape index (κ1) is 95.7. The molecule has 3 aromatic rings. The number of carboxylic acid groups (broad SMARTS) is 1. The molecule has 11 fully saturated rings. The van der Waals surface area contributed by atoms with Crippen molar-refractivity contribution in [3.05, 3.63) is 155 Å². The normalized spacial score (nSPS) is 28.7. The zero-order valence-electron chi connectivity index (χ0n) is 68.9. The fourth-order valence-corrected chi connectivity index (χ4v) is 23.1. The van der Waals surface area contributed by atoms with Crippen LogP contribution < -0.4 is 15.9 Å². The van der Waals surface area contributed by atoms with Crippen LogP contribution in [-0.4, -0.2) is 101 Å². The summed E-state index contributed by atoms with van der Waals surface area (Å²) in [5.41, 5.74) is 0. The van der Waals surface area contributed by atoms with E-state index in [0.29, 0.717) is 65.7 Å². The van der Waals surface area contributed by atoms with Gasteiger partial charge in [0.2, 0.25) is 0 Å². The van der Waals surface area contributed by atoms with Gasteiger partial charge in [-0.25, -0.2) is 0 Å². The van der Waals surface area contributed by atoms with Crippen LogP contribution in [-0.2, 0) is 62.0 Å². The van der Waals surface area contributed by atoms with E-state index in [9.17, 15) is 33.6 Å². The molecule has 14 rings (SSSR count). The lowest BCUT2D eigenvalue weighted by molar-refractivity contribution is -0.198. The number of carbonyl (C=O) groups is 8. The minimum absolute atomic E-state index is 0.250. The summed E-state index contributed by atoms with van der Waals surface area (Å²) in [4.78, 5) is 84.2. The number of Topliss-reactive ketones (excluding diaryl/α,β-unsaturated/α-hetero) is 3. The first-order valence-corrected chi connectivity index (χ1v) is 44.7. The number of methoxy groups -OCH3 is 3. The summed E-state index contributed by atoms with van der Waals surface area (Å²) in [6.07, 6.45) is 60.7. The Morgan fingerprint density at radius 2 is 0.688 bits per heavy atom. The van der Waals surface area contributed by atoms with E-state index in [1.165, 1.54) is 150 Å². The predicted molar refractivity (Wildman–Crippen MR) is 458 cm³/mol. The zero-order chi connectivity index (χ0) is 81.2. The summed E-state index contributed by atoms with van der Waals surface area (Å²) in [5, 5.41) is 10.8. The van der Waals surface area contributed by atoms with E-state index < -0.39 is 6.89 Å². The van der Waals surface area contributed by atoms with E-state index in [1.54, 1.807) is 21.3 Å². The van der Waals surface area contributed by atoms with Crippen molar-refractivity contribution in [2.45, 2.75) is 250 Å². The standard InChI is InChI=1S/C19H17P.C18H30.C16H26O2.C12H18O3.C12H18O2.C10H14O2.3C3H6O.CH2O2/c1-20(17-11-5-2-6-12-17,18-13-7-3-8-14-18)19-15-9-4-10-16-19;1-3-5-7-15-9-11-18-14-16(8-6-4-2)10-12-17(18)13-15;17-9-1-3-13-5-7-16-12-14(4-2-10-18)6-8-15(16)11-13;13-11-2-1-10-8-12(14-5-6-15-12)4-3-9(10)7-11;13-7-9-1-3-11-6-10(8-14)2-4-12(11)5-9;11-9-3-1-7-5-10(12)4-2-8(7)6-9;3*1-3-4-2;2-1-3/h2-16H,1H2;3-4,15-18H,1-2,5-14H2;9-10,13-16H,1-8,11-12H2;9-10H,1-8H2;7-12H,1-6H2;7-8H,1-6H2;3*3H,1H2,2H3;1H,(H,2,3). The molecule has 0 amide bonds. The maximum Gasteiger partial charge on any atom is 0.290 e. The molecule has 10 saturated carbocycles. The summed E-state index contributed by atoms with van der Waals surface area (Å²) < 4.78 is 24.4. The van der Waals surface area contributed by atoms with Crippen LogP contribution in [0.4, 0.5) is 0 Å². The van der Waals surface area contributed by atoms with Crippen LogP contribution >= 0.6 is 6.89 Å². The van der Waals surface area contributed by atoms with Crippen molar-refractivity contribution < 1.29 is 67.1 Å². The van der Waals surface area contributed by atoms with Crippen molar-refractivity contribution in [1.82, 2.24) is 0 Å². The molecule has 1 saturated heterocycles. The Hall–Kier alpha value is -6.86. The van der Waals surface area contributed by atoms with Crippen LogP contribution in [0.5, 0.6) is 0 Å². The number of fused-ring (bicyclic) bond motifs is 5. The largest absolute Gasteiger partial charge is 0.505 e. The van der Waals surface area contributed by atoms with E-state index in [2.05, 4.69) is 150 Å². The molecule has 620 valence electrons. The summed E-state index contributed by atoms with van der Waals surface area (Å²) >= 11 is 0. The Morgan fingerprint density at radius 3 is 0.982 bits per heavy atom. The van der Waals surface area contributed by atoms with E-state index in [4.69, 9.17) is 25.7 Å². The minimum atomic E-state index is -1.78. The van der Waals surface area contributed by atoms with Crippen LogP contribution in [0.3, 0.4) is 0 Å². The maximum absolute atomic E-state index is 11.4. The van der Waals surface area contributed by atoms with Crippen LogP contribution in [0.1, 0.15) is 244 Å². The summed E-state index contributed by atoms with van der Waals surface area (Å²) in [5.74, 6) is 13.1. The average molecular weight is 1560 g/mol. The van der Waals surface area contributed by atoms with E-state index >= 15 is 0 Å². The number of hydrogen-bond acceptors (Lipinski definition) is 13. The van der Waals surface area contributed by atoms with Crippen molar-refractivity contribution in [3.63, 3.8) is 0 Å². The smallest absolute Gasteiger partial charge is 0.290 e. The molecule has 14 nitrogen and oxygen atoms in total. The number of benzene rings is 3. The highest BCUT2D eigenvalue weighted by atomic mass is 31.2. The van der Waals surface area contributed by atoms with Crippen LogP contribution in [0.15, 0.2) is 155 Å². The van der Waals surface area contributed by atoms with Gasteiger partial charge < -0.3 is 48.0 Å². The number of ether oxygens (including phenoxy) is 5. The molecule has 11 aliphatic rings. The van der Waals surface area contributed by atoms with Crippen molar-refractivity contribution in [1.29, 1.82) is 0 Å². The van der Waals surface area contributed by atoms with Crippen molar-refractivity contribution in [2.75, 3.05) is 34.5 Å². The van der Waals surface area contributed by atoms with Gasteiger partial charge in [-0.05, 0) is 260 Å². The Labute approximate surface area is 675 Å². The SMILES string of the molecule is C=CCCC1CCC2CC(CCC=C)CCC2C1.C=COC.C=COC.C=COC.C=P(c1ccccc1)(c1ccccc1)c1ccccc1.O=C1CCC2CC(=O)CCC2C1.O=C1CCC2CC3(CCC2C1)OCCO3.O=CC1CCC2CC(C=O)CCC2C1.O=CCCC1CCC2CC(CCC=O)CCC2C1.O=CO. The number of aldehydes is 4. The number of allylic oxidation sites excluding steroid dienone is 2. The summed E-state index contributed by atoms with van der Waals surface area (Å²) in [6.45, 7) is 17.0. The molecule has 1 heterocycles. The quantitative estimate of drug-likeness (QED) is 0.0484. The number of ketones is 3. The highest BCUT2D eigenvalue weighted by Crippen LogP contribution is 2.51. The van der Waals surface area contributed by atoms with Crippen molar-refractivity contribution in [2.24, 2.45) is 94.7 Å². The van der Waals surface area contributed by atoms with Gasteiger partial charge in [0.25, 0.3) is 6.47 Å². The van der Waals surface area contributed by atoms with E-state index in [1.807, 2.05) is 0 Å². The topological polar surface area (TPSA) is 203 Å². The third-order valence-electron chi connectivity index (χ3n) is 26.2. The molecule has 112 heavy (non-hydrogen) atoms. The Kier molecular flexibility index (Phi) is 47.5. The molecule has 3 aromatic carbocycles. The third-order valence-corrected chi connectivity index (χ3v) is 29.8. The Bertz CT molecular complexity index is 2950.